The smallest absolute Gasteiger partial charge is 0.253 e. The second kappa shape index (κ2) is 7.75. The lowest BCUT2D eigenvalue weighted by molar-refractivity contribution is -0.120. The highest BCUT2D eigenvalue weighted by Gasteiger charge is 2.12. The maximum atomic E-state index is 12.0. The van der Waals surface area contributed by atoms with Gasteiger partial charge in [-0.15, -0.1) is 0 Å². The minimum Gasteiger partial charge on any atom is -0.387 e. The summed E-state index contributed by atoms with van der Waals surface area (Å²) in [6.45, 7) is 4.54. The predicted molar refractivity (Wildman–Crippen MR) is 81.2 cm³/mol. The largest absolute Gasteiger partial charge is 0.387 e. The number of hydrogen-bond donors (Lipinski definition) is 3. The molecule has 1 aromatic rings. The Morgan fingerprint density at radius 3 is 2.55 bits per heavy atom. The first kappa shape index (κ1) is 16.3. The zero-order valence-electron chi connectivity index (χ0n) is 11.9. The lowest BCUT2D eigenvalue weighted by Gasteiger charge is -2.11. The molecule has 0 spiro atoms. The average Bonchev–Trinajstić information content (AvgIpc) is 2.42. The van der Waals surface area contributed by atoms with Gasteiger partial charge < -0.3 is 16.0 Å². The normalized spacial score (nSPS) is 10.2. The van der Waals surface area contributed by atoms with Crippen molar-refractivity contribution in [1.29, 1.82) is 0 Å². The van der Waals surface area contributed by atoms with Crippen LogP contribution in [0.4, 0.5) is 5.69 Å². The van der Waals surface area contributed by atoms with Crippen LogP contribution in [-0.4, -0.2) is 32.0 Å². The molecule has 0 heterocycles. The first-order chi connectivity index (χ1) is 9.43. The minimum atomic E-state index is -0.337. The molecule has 5 nitrogen and oxygen atoms in total. The fraction of sp³-hybridized carbons (Fsp3) is 0.429. The average molecular weight is 298 g/mol. The number of rotatable bonds is 6. The van der Waals surface area contributed by atoms with Gasteiger partial charge in [-0.1, -0.05) is 25.4 Å². The van der Waals surface area contributed by atoms with E-state index in [4.69, 9.17) is 11.6 Å². The number of nitrogens with one attached hydrogen (secondary N) is 3. The summed E-state index contributed by atoms with van der Waals surface area (Å²) in [5.74, 6) is -0.171. The number of hydrogen-bond acceptors (Lipinski definition) is 3. The van der Waals surface area contributed by atoms with Gasteiger partial charge >= 0.3 is 0 Å². The van der Waals surface area contributed by atoms with E-state index in [0.717, 1.165) is 0 Å². The minimum absolute atomic E-state index is 0.0543. The van der Waals surface area contributed by atoms with E-state index in [1.807, 2.05) is 13.8 Å². The Morgan fingerprint density at radius 1 is 1.25 bits per heavy atom. The summed E-state index contributed by atoms with van der Waals surface area (Å²) >= 11 is 5.88. The van der Waals surface area contributed by atoms with Gasteiger partial charge in [0.25, 0.3) is 5.91 Å². The second-order valence-corrected chi connectivity index (χ2v) is 5.26. The lowest BCUT2D eigenvalue weighted by atomic mass is 10.1. The van der Waals surface area contributed by atoms with Crippen LogP contribution in [0.3, 0.4) is 0 Å². The zero-order chi connectivity index (χ0) is 15.1. The van der Waals surface area contributed by atoms with Crippen molar-refractivity contribution in [3.8, 4) is 0 Å². The molecule has 0 unspecified atom stereocenters. The fourth-order valence-corrected chi connectivity index (χ4v) is 1.73. The van der Waals surface area contributed by atoms with E-state index < -0.39 is 0 Å². The van der Waals surface area contributed by atoms with Crippen LogP contribution in [-0.2, 0) is 4.79 Å². The maximum Gasteiger partial charge on any atom is 0.253 e. The molecule has 0 aromatic heterocycles. The van der Waals surface area contributed by atoms with E-state index in [0.29, 0.717) is 28.7 Å². The molecule has 0 aliphatic carbocycles. The van der Waals surface area contributed by atoms with Crippen LogP contribution in [0.1, 0.15) is 24.2 Å². The first-order valence-corrected chi connectivity index (χ1v) is 6.84. The van der Waals surface area contributed by atoms with E-state index in [2.05, 4.69) is 16.0 Å². The van der Waals surface area contributed by atoms with Gasteiger partial charge in [0.15, 0.2) is 0 Å². The van der Waals surface area contributed by atoms with Crippen LogP contribution in [0.5, 0.6) is 0 Å². The Kier molecular flexibility index (Phi) is 6.31. The summed E-state index contributed by atoms with van der Waals surface area (Å²) in [7, 11) is 1.72. The molecule has 1 rings (SSSR count). The third-order valence-corrected chi connectivity index (χ3v) is 2.85. The summed E-state index contributed by atoms with van der Waals surface area (Å²) in [5.41, 5.74) is 1.08. The van der Waals surface area contributed by atoms with E-state index >= 15 is 0 Å². The van der Waals surface area contributed by atoms with Crippen molar-refractivity contribution in [2.75, 3.05) is 25.5 Å². The van der Waals surface area contributed by atoms with Crippen LogP contribution >= 0.6 is 11.6 Å². The number of carbonyl (C=O) groups is 2. The highest BCUT2D eigenvalue weighted by Crippen LogP contribution is 2.19. The molecule has 0 bridgehead atoms. The fourth-order valence-electron chi connectivity index (χ4n) is 1.56. The van der Waals surface area contributed by atoms with Gasteiger partial charge in [-0.25, -0.2) is 0 Å². The Balaban J connectivity index is 2.59. The predicted octanol–water partition coefficient (Wildman–Crippen LogP) is 1.88. The zero-order valence-corrected chi connectivity index (χ0v) is 12.7. The molecule has 0 atom stereocenters. The molecule has 0 aliphatic heterocycles. The Morgan fingerprint density at radius 2 is 1.95 bits per heavy atom. The van der Waals surface area contributed by atoms with Crippen molar-refractivity contribution in [2.45, 2.75) is 13.8 Å². The molecule has 1 aromatic carbocycles. The van der Waals surface area contributed by atoms with Crippen LogP contribution in [0.2, 0.25) is 5.02 Å². The Labute approximate surface area is 124 Å². The molecule has 0 fully saturated rings. The Bertz CT molecular complexity index is 489. The number of halogens is 1. The lowest BCUT2D eigenvalue weighted by Crippen LogP contribution is -2.38. The molecule has 0 saturated heterocycles. The second-order valence-electron chi connectivity index (χ2n) is 4.82. The topological polar surface area (TPSA) is 70.2 Å². The van der Waals surface area contributed by atoms with Crippen molar-refractivity contribution in [2.24, 2.45) is 5.92 Å². The van der Waals surface area contributed by atoms with Crippen LogP contribution in [0.15, 0.2) is 18.2 Å². The summed E-state index contributed by atoms with van der Waals surface area (Å²) in [4.78, 5) is 23.6. The van der Waals surface area contributed by atoms with Gasteiger partial charge in [-0.2, -0.15) is 0 Å². The molecule has 0 radical (unpaired) electrons. The highest BCUT2D eigenvalue weighted by atomic mass is 35.5. The number of carbonyl (C=O) groups excluding carboxylic acids is 2. The molecular formula is C14H20ClN3O2. The molecule has 2 amide bonds. The summed E-state index contributed by atoms with van der Waals surface area (Å²) in [6.07, 6.45) is 0. The maximum absolute atomic E-state index is 12.0. The highest BCUT2D eigenvalue weighted by molar-refractivity contribution is 6.31. The molecule has 6 heteroatoms. The number of amides is 2. The SMILES string of the molecule is CNc1ccc(Cl)cc1C(=O)NCC(=O)NCC(C)C. The molecular weight excluding hydrogens is 278 g/mol. The summed E-state index contributed by atoms with van der Waals surface area (Å²) < 4.78 is 0. The summed E-state index contributed by atoms with van der Waals surface area (Å²) in [5, 5.41) is 8.69. The molecule has 3 N–H and O–H groups in total. The van der Waals surface area contributed by atoms with Crippen molar-refractivity contribution < 1.29 is 9.59 Å². The van der Waals surface area contributed by atoms with Gasteiger partial charge in [0.05, 0.1) is 12.1 Å². The Hall–Kier alpha value is -1.75. The molecule has 20 heavy (non-hydrogen) atoms. The van der Waals surface area contributed by atoms with E-state index in [9.17, 15) is 9.59 Å². The van der Waals surface area contributed by atoms with Crippen molar-refractivity contribution >= 4 is 29.1 Å². The first-order valence-electron chi connectivity index (χ1n) is 6.46. The number of anilines is 1. The van der Waals surface area contributed by atoms with Crippen molar-refractivity contribution in [3.05, 3.63) is 28.8 Å². The molecule has 0 aliphatic rings. The number of benzene rings is 1. The van der Waals surface area contributed by atoms with Gasteiger partial charge in [0, 0.05) is 24.3 Å². The van der Waals surface area contributed by atoms with E-state index in [1.54, 1.807) is 25.2 Å². The standard InChI is InChI=1S/C14H20ClN3O2/c1-9(2)7-17-13(19)8-18-14(20)11-6-10(15)4-5-12(11)16-3/h4-6,9,16H,7-8H2,1-3H3,(H,17,19)(H,18,20). The van der Waals surface area contributed by atoms with Crippen LogP contribution in [0.25, 0.3) is 0 Å². The third-order valence-electron chi connectivity index (χ3n) is 2.61. The van der Waals surface area contributed by atoms with Crippen molar-refractivity contribution in [3.63, 3.8) is 0 Å². The monoisotopic (exact) mass is 297 g/mol. The van der Waals surface area contributed by atoms with Crippen LogP contribution < -0.4 is 16.0 Å². The van der Waals surface area contributed by atoms with Gasteiger partial charge in [0.1, 0.15) is 0 Å². The molecule has 110 valence electrons. The van der Waals surface area contributed by atoms with E-state index in [1.165, 1.54) is 0 Å². The van der Waals surface area contributed by atoms with E-state index in [-0.39, 0.29) is 18.4 Å². The van der Waals surface area contributed by atoms with Gasteiger partial charge in [-0.05, 0) is 24.1 Å². The summed E-state index contributed by atoms with van der Waals surface area (Å²) in [6, 6.07) is 4.98. The third kappa shape index (κ3) is 5.09. The van der Waals surface area contributed by atoms with Crippen molar-refractivity contribution in [1.82, 2.24) is 10.6 Å². The van der Waals surface area contributed by atoms with Gasteiger partial charge in [-0.3, -0.25) is 9.59 Å². The van der Waals surface area contributed by atoms with Gasteiger partial charge in [0.2, 0.25) is 5.91 Å². The quantitative estimate of drug-likeness (QED) is 0.751. The molecule has 0 saturated carbocycles. The van der Waals surface area contributed by atoms with Crippen LogP contribution in [0, 0.1) is 5.92 Å².